The molecule has 6 heteroatoms. The number of aryl methyl sites for hydroxylation is 1. The summed E-state index contributed by atoms with van der Waals surface area (Å²) >= 11 is 6.86. The SMILES string of the molecule is Cc1ccc(C2=NN3[C@H](C2)c2cc(Br)ccc2O[C@@H]3c2ccc(F)c(Br)c2)cc1. The van der Waals surface area contributed by atoms with Gasteiger partial charge in [0.1, 0.15) is 11.6 Å². The summed E-state index contributed by atoms with van der Waals surface area (Å²) in [6, 6.07) is 19.5. The Morgan fingerprint density at radius 2 is 1.83 bits per heavy atom. The Kier molecular flexibility index (Phi) is 4.71. The largest absolute Gasteiger partial charge is 0.464 e. The van der Waals surface area contributed by atoms with Gasteiger partial charge in [-0.1, -0.05) is 51.8 Å². The van der Waals surface area contributed by atoms with E-state index in [2.05, 4.69) is 69.1 Å². The number of hydrogen-bond donors (Lipinski definition) is 0. The van der Waals surface area contributed by atoms with Crippen LogP contribution in [0.1, 0.15) is 40.9 Å². The first-order valence-corrected chi connectivity index (χ1v) is 10.9. The Bertz CT molecular complexity index is 1130. The molecule has 0 unspecified atom stereocenters. The first-order chi connectivity index (χ1) is 14.0. The molecule has 2 heterocycles. The van der Waals surface area contributed by atoms with E-state index >= 15 is 0 Å². The number of halogens is 3. The molecule has 5 rings (SSSR count). The van der Waals surface area contributed by atoms with Crippen molar-refractivity contribution in [2.75, 3.05) is 0 Å². The number of rotatable bonds is 2. The van der Waals surface area contributed by atoms with Crippen molar-refractivity contribution < 1.29 is 9.13 Å². The first-order valence-electron chi connectivity index (χ1n) is 9.33. The lowest BCUT2D eigenvalue weighted by Gasteiger charge is -2.38. The minimum Gasteiger partial charge on any atom is -0.464 e. The van der Waals surface area contributed by atoms with Crippen LogP contribution in [0, 0.1) is 12.7 Å². The zero-order valence-corrected chi connectivity index (χ0v) is 18.7. The van der Waals surface area contributed by atoms with Gasteiger partial charge in [-0.3, -0.25) is 0 Å². The van der Waals surface area contributed by atoms with Gasteiger partial charge in [-0.2, -0.15) is 5.10 Å². The molecule has 0 N–H and O–H groups in total. The predicted octanol–water partition coefficient (Wildman–Crippen LogP) is 6.90. The lowest BCUT2D eigenvalue weighted by atomic mass is 9.95. The maximum atomic E-state index is 13.8. The average Bonchev–Trinajstić information content (AvgIpc) is 3.16. The highest BCUT2D eigenvalue weighted by atomic mass is 79.9. The molecule has 0 fully saturated rings. The monoisotopic (exact) mass is 514 g/mol. The van der Waals surface area contributed by atoms with Gasteiger partial charge in [-0.05, 0) is 58.7 Å². The average molecular weight is 516 g/mol. The Balaban J connectivity index is 1.61. The van der Waals surface area contributed by atoms with Crippen molar-refractivity contribution >= 4 is 37.6 Å². The summed E-state index contributed by atoms with van der Waals surface area (Å²) in [5, 5.41) is 6.95. The minimum absolute atomic E-state index is 0.0568. The molecule has 146 valence electrons. The van der Waals surface area contributed by atoms with Crippen molar-refractivity contribution in [2.45, 2.75) is 25.6 Å². The van der Waals surface area contributed by atoms with Gasteiger partial charge in [-0.25, -0.2) is 9.40 Å². The number of ether oxygens (including phenoxy) is 1. The van der Waals surface area contributed by atoms with Crippen molar-refractivity contribution in [3.8, 4) is 5.75 Å². The fraction of sp³-hybridized carbons (Fsp3) is 0.174. The van der Waals surface area contributed by atoms with E-state index in [-0.39, 0.29) is 11.9 Å². The summed E-state index contributed by atoms with van der Waals surface area (Å²) < 4.78 is 21.6. The summed E-state index contributed by atoms with van der Waals surface area (Å²) in [7, 11) is 0. The molecule has 2 aliphatic heterocycles. The molecular weight excluding hydrogens is 499 g/mol. The molecule has 0 amide bonds. The molecule has 0 bridgehead atoms. The predicted molar refractivity (Wildman–Crippen MR) is 119 cm³/mol. The van der Waals surface area contributed by atoms with E-state index in [4.69, 9.17) is 9.84 Å². The molecule has 3 aromatic rings. The van der Waals surface area contributed by atoms with Gasteiger partial charge in [0.15, 0.2) is 0 Å². The van der Waals surface area contributed by atoms with Crippen LogP contribution in [0.15, 0.2) is 74.7 Å². The number of hydrogen-bond acceptors (Lipinski definition) is 3. The van der Waals surface area contributed by atoms with E-state index in [9.17, 15) is 4.39 Å². The van der Waals surface area contributed by atoms with Crippen molar-refractivity contribution in [2.24, 2.45) is 5.10 Å². The van der Waals surface area contributed by atoms with Gasteiger partial charge in [0, 0.05) is 22.0 Å². The molecule has 3 nitrogen and oxygen atoms in total. The van der Waals surface area contributed by atoms with E-state index in [1.165, 1.54) is 11.6 Å². The summed E-state index contributed by atoms with van der Waals surface area (Å²) in [5.74, 6) is 0.538. The van der Waals surface area contributed by atoms with Crippen molar-refractivity contribution in [1.82, 2.24) is 5.01 Å². The number of nitrogens with zero attached hydrogens (tertiary/aromatic N) is 2. The molecule has 0 aromatic heterocycles. The van der Waals surface area contributed by atoms with Crippen LogP contribution in [0.4, 0.5) is 4.39 Å². The zero-order valence-electron chi connectivity index (χ0n) is 15.6. The lowest BCUT2D eigenvalue weighted by molar-refractivity contribution is -0.0191. The fourth-order valence-electron chi connectivity index (χ4n) is 3.86. The number of hydrazone groups is 1. The summed E-state index contributed by atoms with van der Waals surface area (Å²) in [6.45, 7) is 2.08. The molecular formula is C23H17Br2FN2O. The Labute approximate surface area is 185 Å². The van der Waals surface area contributed by atoms with Gasteiger partial charge in [0.2, 0.25) is 6.23 Å². The molecule has 0 saturated carbocycles. The molecule has 3 aromatic carbocycles. The van der Waals surface area contributed by atoms with Gasteiger partial charge in [0.05, 0.1) is 16.2 Å². The fourth-order valence-corrected chi connectivity index (χ4v) is 4.64. The van der Waals surface area contributed by atoms with Gasteiger partial charge in [0.25, 0.3) is 0 Å². The Hall–Kier alpha value is -2.18. The standard InChI is InChI=1S/C23H17Br2FN2O/c1-13-2-4-14(5-3-13)20-12-21-17-11-16(24)7-9-22(17)29-23(28(21)27-20)15-6-8-19(26)18(25)10-15/h2-11,21,23H,12H2,1H3/t21-,23-/m1/s1. The summed E-state index contributed by atoms with van der Waals surface area (Å²) in [6.07, 6.45) is 0.364. The van der Waals surface area contributed by atoms with Crippen LogP contribution in [-0.4, -0.2) is 10.7 Å². The molecule has 2 aliphatic rings. The lowest BCUT2D eigenvalue weighted by Crippen LogP contribution is -2.33. The maximum absolute atomic E-state index is 13.8. The van der Waals surface area contributed by atoms with Gasteiger partial charge < -0.3 is 4.74 Å². The second-order valence-electron chi connectivity index (χ2n) is 7.34. The molecule has 0 radical (unpaired) electrons. The molecule has 29 heavy (non-hydrogen) atoms. The van der Waals surface area contributed by atoms with E-state index in [1.54, 1.807) is 12.1 Å². The zero-order chi connectivity index (χ0) is 20.1. The van der Waals surface area contributed by atoms with E-state index in [0.717, 1.165) is 39.0 Å². The van der Waals surface area contributed by atoms with E-state index in [0.29, 0.717) is 4.47 Å². The number of fused-ring (bicyclic) bond motifs is 3. The molecule has 0 saturated heterocycles. The van der Waals surface area contributed by atoms with Crippen molar-refractivity contribution in [3.05, 3.63) is 97.7 Å². The second-order valence-corrected chi connectivity index (χ2v) is 9.11. The van der Waals surface area contributed by atoms with Gasteiger partial charge in [-0.15, -0.1) is 0 Å². The number of benzene rings is 3. The quantitative estimate of drug-likeness (QED) is 0.370. The van der Waals surface area contributed by atoms with Crippen molar-refractivity contribution in [1.29, 1.82) is 0 Å². The van der Waals surface area contributed by atoms with Crippen LogP contribution in [-0.2, 0) is 0 Å². The summed E-state index contributed by atoms with van der Waals surface area (Å²) in [5.41, 5.74) is 5.31. The third-order valence-corrected chi connectivity index (χ3v) is 6.47. The van der Waals surface area contributed by atoms with Crippen LogP contribution >= 0.6 is 31.9 Å². The first kappa shape index (κ1) is 18.8. The highest BCUT2D eigenvalue weighted by Gasteiger charge is 2.41. The van der Waals surface area contributed by atoms with Gasteiger partial charge >= 0.3 is 0 Å². The second kappa shape index (κ2) is 7.26. The van der Waals surface area contributed by atoms with Crippen LogP contribution in [0.5, 0.6) is 5.75 Å². The van der Waals surface area contributed by atoms with Crippen LogP contribution in [0.2, 0.25) is 0 Å². The maximum Gasteiger partial charge on any atom is 0.213 e. The third-order valence-electron chi connectivity index (χ3n) is 5.37. The topological polar surface area (TPSA) is 24.8 Å². The van der Waals surface area contributed by atoms with Crippen LogP contribution < -0.4 is 4.74 Å². The van der Waals surface area contributed by atoms with Crippen LogP contribution in [0.3, 0.4) is 0 Å². The molecule has 0 spiro atoms. The highest BCUT2D eigenvalue weighted by molar-refractivity contribution is 9.10. The highest BCUT2D eigenvalue weighted by Crippen LogP contribution is 2.48. The normalized spacial score (nSPS) is 20.0. The minimum atomic E-state index is -0.423. The van der Waals surface area contributed by atoms with Crippen molar-refractivity contribution in [3.63, 3.8) is 0 Å². The Morgan fingerprint density at radius 3 is 2.59 bits per heavy atom. The van der Waals surface area contributed by atoms with Crippen LogP contribution in [0.25, 0.3) is 0 Å². The smallest absolute Gasteiger partial charge is 0.213 e. The molecule has 2 atom stereocenters. The Morgan fingerprint density at radius 1 is 1.03 bits per heavy atom. The molecule has 0 aliphatic carbocycles. The third kappa shape index (κ3) is 3.38. The van der Waals surface area contributed by atoms with E-state index < -0.39 is 6.23 Å². The summed E-state index contributed by atoms with van der Waals surface area (Å²) in [4.78, 5) is 0. The van der Waals surface area contributed by atoms with E-state index in [1.807, 2.05) is 17.1 Å².